The van der Waals surface area contributed by atoms with Gasteiger partial charge in [0.05, 0.1) is 19.0 Å². The van der Waals surface area contributed by atoms with Crippen LogP contribution >= 0.6 is 0 Å². The molecular formula is C26H37N7O3. The number of aromatic nitrogens is 2. The minimum atomic E-state index is -0.276. The van der Waals surface area contributed by atoms with Crippen LogP contribution in [0.15, 0.2) is 24.4 Å². The number of likely N-dealkylation sites (N-methyl/N-ethyl adjacent to an activating group) is 1. The second-order valence-electron chi connectivity index (χ2n) is 9.82. The predicted molar refractivity (Wildman–Crippen MR) is 141 cm³/mol. The Labute approximate surface area is 213 Å². The second-order valence-corrected chi connectivity index (χ2v) is 9.82. The number of nitrogens with zero attached hydrogens (tertiary/aromatic N) is 5. The molecule has 10 heteroatoms. The molecule has 2 aliphatic rings. The first kappa shape index (κ1) is 25.7. The van der Waals surface area contributed by atoms with Crippen LogP contribution in [0.25, 0.3) is 0 Å². The van der Waals surface area contributed by atoms with Gasteiger partial charge in [0.2, 0.25) is 11.9 Å². The molecule has 1 fully saturated rings. The smallest absolute Gasteiger partial charge is 0.251 e. The lowest BCUT2D eigenvalue weighted by Gasteiger charge is -2.42. The third kappa shape index (κ3) is 5.09. The van der Waals surface area contributed by atoms with Crippen molar-refractivity contribution in [1.29, 1.82) is 0 Å². The van der Waals surface area contributed by atoms with Crippen LogP contribution in [0.4, 0.5) is 23.1 Å². The van der Waals surface area contributed by atoms with Crippen LogP contribution in [0.2, 0.25) is 0 Å². The molecule has 2 N–H and O–H groups in total. The Morgan fingerprint density at radius 1 is 1.22 bits per heavy atom. The normalized spacial score (nSPS) is 18.9. The van der Waals surface area contributed by atoms with Gasteiger partial charge in [-0.25, -0.2) is 4.98 Å². The number of carbonyl (C=O) groups excluding carboxylic acids is 2. The fourth-order valence-electron chi connectivity index (χ4n) is 4.92. The molecule has 2 amide bonds. The van der Waals surface area contributed by atoms with Gasteiger partial charge < -0.3 is 30.1 Å². The van der Waals surface area contributed by atoms with Crippen LogP contribution in [0, 0.1) is 0 Å². The summed E-state index contributed by atoms with van der Waals surface area (Å²) < 4.78 is 5.58. The number of piperidine rings is 1. The number of amides is 2. The Hall–Kier alpha value is -3.40. The molecule has 36 heavy (non-hydrogen) atoms. The van der Waals surface area contributed by atoms with E-state index < -0.39 is 0 Å². The largest absolute Gasteiger partial charge is 0.495 e. The summed E-state index contributed by atoms with van der Waals surface area (Å²) >= 11 is 0. The fourth-order valence-corrected chi connectivity index (χ4v) is 4.92. The highest BCUT2D eigenvalue weighted by Gasteiger charge is 2.38. The molecule has 2 aromatic rings. The number of hydrogen-bond acceptors (Lipinski definition) is 8. The highest BCUT2D eigenvalue weighted by Crippen LogP contribution is 2.37. The third-order valence-electron chi connectivity index (χ3n) is 7.01. The SMILES string of the molecule is CC[C@@H]1C(=O)N(C)c2cnc(Nc3ccc(C(=O)NC4CCN(C)CC4)cc3OC)nc2N1C(C)C. The Balaban J connectivity index is 1.56. The Morgan fingerprint density at radius 2 is 1.94 bits per heavy atom. The number of methoxy groups -OCH3 is 1. The summed E-state index contributed by atoms with van der Waals surface area (Å²) in [5.41, 5.74) is 1.87. The van der Waals surface area contributed by atoms with Crippen LogP contribution in [0.1, 0.15) is 50.4 Å². The fraction of sp³-hybridized carbons (Fsp3) is 0.538. The summed E-state index contributed by atoms with van der Waals surface area (Å²) in [5.74, 6) is 1.55. The first-order valence-corrected chi connectivity index (χ1v) is 12.6. The average Bonchev–Trinajstić information content (AvgIpc) is 2.87. The minimum Gasteiger partial charge on any atom is -0.495 e. The Bertz CT molecular complexity index is 1110. The number of likely N-dealkylation sites (tertiary alicyclic amines) is 1. The lowest BCUT2D eigenvalue weighted by Crippen LogP contribution is -2.54. The molecule has 3 heterocycles. The molecule has 0 aliphatic carbocycles. The molecule has 2 aliphatic heterocycles. The quantitative estimate of drug-likeness (QED) is 0.604. The number of fused-ring (bicyclic) bond motifs is 1. The third-order valence-corrected chi connectivity index (χ3v) is 7.01. The minimum absolute atomic E-state index is 0.0405. The van der Waals surface area contributed by atoms with Crippen LogP contribution in [-0.2, 0) is 4.79 Å². The van der Waals surface area contributed by atoms with E-state index in [0.717, 1.165) is 25.9 Å². The zero-order valence-electron chi connectivity index (χ0n) is 22.0. The molecule has 1 saturated heterocycles. The lowest BCUT2D eigenvalue weighted by molar-refractivity contribution is -0.120. The molecule has 10 nitrogen and oxygen atoms in total. The first-order chi connectivity index (χ1) is 17.2. The summed E-state index contributed by atoms with van der Waals surface area (Å²) in [6.07, 6.45) is 4.24. The van der Waals surface area contributed by atoms with E-state index in [9.17, 15) is 9.59 Å². The van der Waals surface area contributed by atoms with Crippen LogP contribution in [-0.4, -0.2) is 79.1 Å². The van der Waals surface area contributed by atoms with E-state index in [0.29, 0.717) is 40.9 Å². The van der Waals surface area contributed by atoms with Gasteiger partial charge in [-0.3, -0.25) is 9.59 Å². The molecule has 4 rings (SSSR count). The molecular weight excluding hydrogens is 458 g/mol. The van der Waals surface area contributed by atoms with Gasteiger partial charge in [0, 0.05) is 24.7 Å². The highest BCUT2D eigenvalue weighted by molar-refractivity contribution is 6.04. The number of anilines is 4. The number of carbonyl (C=O) groups is 2. The summed E-state index contributed by atoms with van der Waals surface area (Å²) in [6, 6.07) is 5.30. The Kier molecular flexibility index (Phi) is 7.63. The van der Waals surface area contributed by atoms with Crippen molar-refractivity contribution in [2.24, 2.45) is 0 Å². The molecule has 1 aromatic heterocycles. The molecule has 194 valence electrons. The van der Waals surface area contributed by atoms with E-state index in [1.807, 2.05) is 6.92 Å². The van der Waals surface area contributed by atoms with Crippen molar-refractivity contribution >= 4 is 35.0 Å². The maximum atomic E-state index is 12.9. The molecule has 0 spiro atoms. The topological polar surface area (TPSA) is 103 Å². The van der Waals surface area contributed by atoms with Crippen LogP contribution in [0.5, 0.6) is 5.75 Å². The maximum absolute atomic E-state index is 12.9. The van der Waals surface area contributed by atoms with Crippen molar-refractivity contribution in [3.8, 4) is 5.75 Å². The highest BCUT2D eigenvalue weighted by atomic mass is 16.5. The van der Waals surface area contributed by atoms with Gasteiger partial charge in [-0.1, -0.05) is 6.92 Å². The van der Waals surface area contributed by atoms with Crippen molar-refractivity contribution in [3.63, 3.8) is 0 Å². The van der Waals surface area contributed by atoms with Crippen LogP contribution in [0.3, 0.4) is 0 Å². The van der Waals surface area contributed by atoms with E-state index in [1.54, 1.807) is 43.5 Å². The first-order valence-electron chi connectivity index (χ1n) is 12.6. The molecule has 0 bridgehead atoms. The van der Waals surface area contributed by atoms with Gasteiger partial charge in [0.15, 0.2) is 5.82 Å². The molecule has 0 radical (unpaired) electrons. The summed E-state index contributed by atoms with van der Waals surface area (Å²) in [4.78, 5) is 40.9. The van der Waals surface area contributed by atoms with Gasteiger partial charge in [0.1, 0.15) is 17.5 Å². The zero-order chi connectivity index (χ0) is 26.0. The molecule has 0 unspecified atom stereocenters. The van der Waals surface area contributed by atoms with Gasteiger partial charge in [-0.2, -0.15) is 4.98 Å². The van der Waals surface area contributed by atoms with E-state index in [-0.39, 0.29) is 29.9 Å². The van der Waals surface area contributed by atoms with E-state index in [4.69, 9.17) is 9.72 Å². The average molecular weight is 496 g/mol. The monoisotopic (exact) mass is 495 g/mol. The number of rotatable bonds is 7. The molecule has 0 saturated carbocycles. The van der Waals surface area contributed by atoms with Crippen molar-refractivity contribution in [3.05, 3.63) is 30.0 Å². The second kappa shape index (κ2) is 10.7. The van der Waals surface area contributed by atoms with Crippen molar-refractivity contribution in [1.82, 2.24) is 20.2 Å². The number of ether oxygens (including phenoxy) is 1. The summed E-state index contributed by atoms with van der Waals surface area (Å²) in [6.45, 7) is 8.08. The number of nitrogens with one attached hydrogen (secondary N) is 2. The van der Waals surface area contributed by atoms with Crippen molar-refractivity contribution in [2.45, 2.75) is 58.2 Å². The van der Waals surface area contributed by atoms with Crippen LogP contribution < -0.4 is 25.2 Å². The van der Waals surface area contributed by atoms with Gasteiger partial charge in [-0.15, -0.1) is 0 Å². The predicted octanol–water partition coefficient (Wildman–Crippen LogP) is 3.02. The van der Waals surface area contributed by atoms with Gasteiger partial charge in [0.25, 0.3) is 5.91 Å². The zero-order valence-corrected chi connectivity index (χ0v) is 22.0. The number of hydrogen-bond donors (Lipinski definition) is 2. The summed E-state index contributed by atoms with van der Waals surface area (Å²) in [5, 5.41) is 6.37. The maximum Gasteiger partial charge on any atom is 0.251 e. The number of benzene rings is 1. The van der Waals surface area contributed by atoms with Gasteiger partial charge in [-0.05, 0) is 71.4 Å². The van der Waals surface area contributed by atoms with Crippen molar-refractivity contribution < 1.29 is 14.3 Å². The van der Waals surface area contributed by atoms with E-state index in [2.05, 4.69) is 46.3 Å². The molecule has 1 aromatic carbocycles. The standard InChI is InChI=1S/C26H37N7O3/c1-7-20-25(35)32(5)21-15-27-26(30-23(21)33(20)16(2)3)29-19-9-8-17(14-22(19)36-6)24(34)28-18-10-12-31(4)13-11-18/h8-9,14-16,18,20H,7,10-13H2,1-6H3,(H,28,34)(H,27,29,30)/t20-/m1/s1. The Morgan fingerprint density at radius 3 is 2.58 bits per heavy atom. The van der Waals surface area contributed by atoms with Crippen molar-refractivity contribution in [2.75, 3.05) is 49.4 Å². The van der Waals surface area contributed by atoms with Gasteiger partial charge >= 0.3 is 0 Å². The van der Waals surface area contributed by atoms with E-state index >= 15 is 0 Å². The summed E-state index contributed by atoms with van der Waals surface area (Å²) in [7, 11) is 5.43. The van der Waals surface area contributed by atoms with E-state index in [1.165, 1.54) is 0 Å². The molecule has 1 atom stereocenters. The lowest BCUT2D eigenvalue weighted by atomic mass is 10.0.